The van der Waals surface area contributed by atoms with Crippen molar-refractivity contribution in [2.45, 2.75) is 13.8 Å². The lowest BCUT2D eigenvalue weighted by Crippen LogP contribution is -1.98. The first-order valence-electron chi connectivity index (χ1n) is 7.73. The summed E-state index contributed by atoms with van der Waals surface area (Å²) in [6.07, 6.45) is 3.63. The van der Waals surface area contributed by atoms with Crippen molar-refractivity contribution in [2.75, 3.05) is 6.61 Å². The van der Waals surface area contributed by atoms with Crippen LogP contribution in [0.5, 0.6) is 11.5 Å². The van der Waals surface area contributed by atoms with E-state index in [1.807, 2.05) is 19.9 Å². The van der Waals surface area contributed by atoms with E-state index >= 15 is 0 Å². The summed E-state index contributed by atoms with van der Waals surface area (Å²) in [5.74, 6) is 1.22. The maximum atomic E-state index is 12.5. The molecule has 0 fully saturated rings. The third kappa shape index (κ3) is 4.06. The Hall–Kier alpha value is -2.23. The highest BCUT2D eigenvalue weighted by atomic mass is 35.5. The number of ether oxygens (including phenoxy) is 2. The highest BCUT2D eigenvalue weighted by molar-refractivity contribution is 6.42. The quantitative estimate of drug-likeness (QED) is 0.489. The van der Waals surface area contributed by atoms with Gasteiger partial charge in [0.25, 0.3) is 0 Å². The molecule has 5 heteroatoms. The Morgan fingerprint density at radius 3 is 2.64 bits per heavy atom. The van der Waals surface area contributed by atoms with E-state index < -0.39 is 0 Å². The van der Waals surface area contributed by atoms with Crippen LogP contribution in [0, 0.1) is 0 Å². The van der Waals surface area contributed by atoms with Crippen molar-refractivity contribution < 1.29 is 14.3 Å². The number of carbonyl (C=O) groups excluding carboxylic acids is 1. The maximum Gasteiger partial charge on any atom is 0.231 e. The molecule has 3 nitrogen and oxygen atoms in total. The molecule has 128 valence electrons. The molecule has 1 heterocycles. The van der Waals surface area contributed by atoms with Crippen LogP contribution < -0.4 is 9.47 Å². The first kappa shape index (κ1) is 17.6. The molecule has 0 atom stereocenters. The van der Waals surface area contributed by atoms with Crippen molar-refractivity contribution in [1.29, 1.82) is 0 Å². The Labute approximate surface area is 156 Å². The fourth-order valence-corrected chi connectivity index (χ4v) is 2.62. The largest absolute Gasteiger partial charge is 0.489 e. The smallest absolute Gasteiger partial charge is 0.231 e. The predicted molar refractivity (Wildman–Crippen MR) is 101 cm³/mol. The van der Waals surface area contributed by atoms with Crippen LogP contribution in [0.2, 0.25) is 10.0 Å². The summed E-state index contributed by atoms with van der Waals surface area (Å²) in [6.45, 7) is 4.49. The van der Waals surface area contributed by atoms with Gasteiger partial charge in [0, 0.05) is 6.07 Å². The second kappa shape index (κ2) is 7.34. The third-order valence-corrected chi connectivity index (χ3v) is 4.36. The standard InChI is InChI=1S/C20H16Cl2O3/c1-12(2)7-8-24-14-4-5-15-18(11-14)25-19(20(15)23)10-13-3-6-16(21)17(22)9-13/h3-7,9-11H,8H2,1-2H3/b19-10-. The van der Waals surface area contributed by atoms with Gasteiger partial charge in [0.15, 0.2) is 5.76 Å². The number of Topliss-reactive ketones (excluding diaryl/α,β-unsaturated/α-hetero) is 1. The van der Waals surface area contributed by atoms with Crippen molar-refractivity contribution in [2.24, 2.45) is 0 Å². The molecule has 0 amide bonds. The molecule has 0 N–H and O–H groups in total. The number of hydrogen-bond acceptors (Lipinski definition) is 3. The van der Waals surface area contributed by atoms with Gasteiger partial charge in [-0.3, -0.25) is 4.79 Å². The van der Waals surface area contributed by atoms with Crippen LogP contribution in [0.15, 0.2) is 53.8 Å². The minimum atomic E-state index is -0.170. The summed E-state index contributed by atoms with van der Waals surface area (Å²) in [5, 5.41) is 0.887. The number of ketones is 1. The summed E-state index contributed by atoms with van der Waals surface area (Å²) in [6, 6.07) is 10.3. The van der Waals surface area contributed by atoms with Crippen LogP contribution in [0.25, 0.3) is 6.08 Å². The molecule has 0 spiro atoms. The number of carbonyl (C=O) groups is 1. The van der Waals surface area contributed by atoms with Crippen molar-refractivity contribution in [3.8, 4) is 11.5 Å². The van der Waals surface area contributed by atoms with E-state index in [-0.39, 0.29) is 11.5 Å². The lowest BCUT2D eigenvalue weighted by Gasteiger charge is -2.05. The van der Waals surface area contributed by atoms with Crippen LogP contribution in [0.1, 0.15) is 29.8 Å². The van der Waals surface area contributed by atoms with Gasteiger partial charge >= 0.3 is 0 Å². The summed E-state index contributed by atoms with van der Waals surface area (Å²) < 4.78 is 11.3. The van der Waals surface area contributed by atoms with Gasteiger partial charge in [-0.05, 0) is 55.8 Å². The second-order valence-electron chi connectivity index (χ2n) is 5.86. The summed E-state index contributed by atoms with van der Waals surface area (Å²) in [5.41, 5.74) is 2.44. The van der Waals surface area contributed by atoms with Gasteiger partial charge < -0.3 is 9.47 Å². The minimum absolute atomic E-state index is 0.170. The first-order valence-corrected chi connectivity index (χ1v) is 8.49. The zero-order chi connectivity index (χ0) is 18.0. The molecule has 3 rings (SSSR count). The fraction of sp³-hybridized carbons (Fsp3) is 0.150. The molecule has 0 saturated carbocycles. The Morgan fingerprint density at radius 1 is 1.12 bits per heavy atom. The molecule has 25 heavy (non-hydrogen) atoms. The van der Waals surface area contributed by atoms with E-state index in [1.54, 1.807) is 42.5 Å². The van der Waals surface area contributed by atoms with Gasteiger partial charge in [-0.1, -0.05) is 34.8 Å². The highest BCUT2D eigenvalue weighted by Gasteiger charge is 2.27. The lowest BCUT2D eigenvalue weighted by atomic mass is 10.1. The molecular weight excluding hydrogens is 359 g/mol. The summed E-state index contributed by atoms with van der Waals surface area (Å²) >= 11 is 11.9. The van der Waals surface area contributed by atoms with Gasteiger partial charge in [-0.25, -0.2) is 0 Å². The Bertz CT molecular complexity index is 894. The second-order valence-corrected chi connectivity index (χ2v) is 6.68. The molecule has 2 aromatic rings. The minimum Gasteiger partial charge on any atom is -0.489 e. The zero-order valence-corrected chi connectivity index (χ0v) is 15.3. The molecule has 2 aromatic carbocycles. The van der Waals surface area contributed by atoms with Gasteiger partial charge in [0.2, 0.25) is 5.78 Å². The van der Waals surface area contributed by atoms with Crippen LogP contribution in [-0.4, -0.2) is 12.4 Å². The molecular formula is C20H16Cl2O3. The van der Waals surface area contributed by atoms with Crippen molar-refractivity contribution in [1.82, 2.24) is 0 Å². The molecule has 0 aromatic heterocycles. The van der Waals surface area contributed by atoms with Crippen LogP contribution in [0.3, 0.4) is 0 Å². The molecule has 0 unspecified atom stereocenters. The van der Waals surface area contributed by atoms with E-state index in [0.29, 0.717) is 33.7 Å². The Kier molecular flexibility index (Phi) is 5.16. The summed E-state index contributed by atoms with van der Waals surface area (Å²) in [4.78, 5) is 12.5. The number of halogens is 2. The fourth-order valence-electron chi connectivity index (χ4n) is 2.32. The van der Waals surface area contributed by atoms with Gasteiger partial charge in [-0.15, -0.1) is 0 Å². The van der Waals surface area contributed by atoms with Crippen molar-refractivity contribution in [3.05, 3.63) is 75.0 Å². The number of allylic oxidation sites excluding steroid dienone is 2. The number of hydrogen-bond donors (Lipinski definition) is 0. The Balaban J connectivity index is 1.81. The number of benzene rings is 2. The normalized spacial score (nSPS) is 14.2. The topological polar surface area (TPSA) is 35.5 Å². The molecule has 0 radical (unpaired) electrons. The van der Waals surface area contributed by atoms with E-state index in [9.17, 15) is 4.79 Å². The van der Waals surface area contributed by atoms with Gasteiger partial charge in [0.1, 0.15) is 18.1 Å². The molecule has 0 aliphatic carbocycles. The highest BCUT2D eigenvalue weighted by Crippen LogP contribution is 2.35. The average Bonchev–Trinajstić information content (AvgIpc) is 2.86. The molecule has 1 aliphatic rings. The first-order chi connectivity index (χ1) is 11.9. The lowest BCUT2D eigenvalue weighted by molar-refractivity contribution is 0.101. The molecule has 0 bridgehead atoms. The maximum absolute atomic E-state index is 12.5. The monoisotopic (exact) mass is 374 g/mol. The van der Waals surface area contributed by atoms with Crippen LogP contribution >= 0.6 is 23.2 Å². The van der Waals surface area contributed by atoms with Crippen molar-refractivity contribution in [3.63, 3.8) is 0 Å². The summed E-state index contributed by atoms with van der Waals surface area (Å²) in [7, 11) is 0. The van der Waals surface area contributed by atoms with Crippen LogP contribution in [-0.2, 0) is 0 Å². The molecule has 1 aliphatic heterocycles. The van der Waals surface area contributed by atoms with E-state index in [1.165, 1.54) is 5.57 Å². The van der Waals surface area contributed by atoms with Crippen LogP contribution in [0.4, 0.5) is 0 Å². The SMILES string of the molecule is CC(C)=CCOc1ccc2c(c1)O/C(=C\c1ccc(Cl)c(Cl)c1)C2=O. The number of fused-ring (bicyclic) bond motifs is 1. The van der Waals surface area contributed by atoms with E-state index in [2.05, 4.69) is 0 Å². The van der Waals surface area contributed by atoms with Gasteiger partial charge in [-0.2, -0.15) is 0 Å². The number of rotatable bonds is 4. The van der Waals surface area contributed by atoms with E-state index in [4.69, 9.17) is 32.7 Å². The zero-order valence-electron chi connectivity index (χ0n) is 13.8. The third-order valence-electron chi connectivity index (χ3n) is 3.62. The average molecular weight is 375 g/mol. The van der Waals surface area contributed by atoms with Gasteiger partial charge in [0.05, 0.1) is 15.6 Å². The van der Waals surface area contributed by atoms with E-state index in [0.717, 1.165) is 5.56 Å². The molecule has 0 saturated heterocycles. The predicted octanol–water partition coefficient (Wildman–Crippen LogP) is 5.95. The van der Waals surface area contributed by atoms with Crippen molar-refractivity contribution >= 4 is 35.1 Å². The Morgan fingerprint density at radius 2 is 1.92 bits per heavy atom.